The molecule has 1 amide bonds. The number of nitrogens with zero attached hydrogens (tertiary/aromatic N) is 1. The number of carbonyl (C=O) groups is 1. The van der Waals surface area contributed by atoms with Gasteiger partial charge in [-0.25, -0.2) is 0 Å². The molecule has 0 bridgehead atoms. The fourth-order valence-electron chi connectivity index (χ4n) is 2.04. The lowest BCUT2D eigenvalue weighted by atomic mass is 10.0. The first-order chi connectivity index (χ1) is 7.91. The maximum absolute atomic E-state index is 12.4. The Morgan fingerprint density at radius 3 is 2.71 bits per heavy atom. The summed E-state index contributed by atoms with van der Waals surface area (Å²) in [6.07, 6.45) is -3.71. The van der Waals surface area contributed by atoms with Crippen molar-refractivity contribution in [2.24, 2.45) is 0 Å². The number of nitrogen functional groups attached to an aromatic ring is 1. The third-order valence-electron chi connectivity index (χ3n) is 2.74. The highest BCUT2D eigenvalue weighted by molar-refractivity contribution is 6.01. The summed E-state index contributed by atoms with van der Waals surface area (Å²) in [5, 5.41) is 0. The van der Waals surface area contributed by atoms with Crippen molar-refractivity contribution in [3.63, 3.8) is 0 Å². The molecule has 0 atom stereocenters. The predicted octanol–water partition coefficient (Wildman–Crippen LogP) is 2.11. The fourth-order valence-corrected chi connectivity index (χ4v) is 2.04. The largest absolute Gasteiger partial charge is 0.471 e. The molecule has 92 valence electrons. The Kier molecular flexibility index (Phi) is 2.73. The van der Waals surface area contributed by atoms with Crippen molar-refractivity contribution in [2.45, 2.75) is 19.0 Å². The number of hydrogen-bond donors (Lipinski definition) is 1. The van der Waals surface area contributed by atoms with Gasteiger partial charge >= 0.3 is 12.1 Å². The highest BCUT2D eigenvalue weighted by atomic mass is 19.4. The highest BCUT2D eigenvalue weighted by Gasteiger charge is 2.44. The lowest BCUT2D eigenvalue weighted by Crippen LogP contribution is -2.44. The molecule has 0 fully saturated rings. The average molecular weight is 244 g/mol. The molecule has 17 heavy (non-hydrogen) atoms. The van der Waals surface area contributed by atoms with E-state index in [4.69, 9.17) is 5.73 Å². The average Bonchev–Trinajstić information content (AvgIpc) is 2.26. The number of nitrogens with two attached hydrogens (primary N) is 1. The van der Waals surface area contributed by atoms with Crippen molar-refractivity contribution in [3.05, 3.63) is 23.8 Å². The molecule has 1 heterocycles. The molecule has 0 saturated carbocycles. The summed E-state index contributed by atoms with van der Waals surface area (Å²) < 4.78 is 37.3. The van der Waals surface area contributed by atoms with Crippen molar-refractivity contribution in [1.82, 2.24) is 0 Å². The van der Waals surface area contributed by atoms with Crippen LogP contribution in [0.1, 0.15) is 12.0 Å². The van der Waals surface area contributed by atoms with E-state index in [-0.39, 0.29) is 17.9 Å². The molecule has 1 aromatic rings. The second kappa shape index (κ2) is 3.94. The third-order valence-corrected chi connectivity index (χ3v) is 2.74. The molecule has 1 aliphatic heterocycles. The van der Waals surface area contributed by atoms with Crippen LogP contribution in [-0.4, -0.2) is 18.6 Å². The van der Waals surface area contributed by atoms with Crippen LogP contribution in [0.15, 0.2) is 18.2 Å². The van der Waals surface area contributed by atoms with Crippen LogP contribution >= 0.6 is 0 Å². The summed E-state index contributed by atoms with van der Waals surface area (Å²) in [5.41, 5.74) is 6.76. The Hall–Kier alpha value is -1.72. The number of benzene rings is 1. The fraction of sp³-hybridized carbons (Fsp3) is 0.364. The number of fused-ring (bicyclic) bond motifs is 1. The van der Waals surface area contributed by atoms with Crippen molar-refractivity contribution in [1.29, 1.82) is 0 Å². The van der Waals surface area contributed by atoms with Crippen LogP contribution in [0, 0.1) is 0 Å². The second-order valence-electron chi connectivity index (χ2n) is 3.91. The molecular formula is C11H11F3N2O. The van der Waals surface area contributed by atoms with Gasteiger partial charge in [-0.3, -0.25) is 4.79 Å². The molecule has 0 saturated heterocycles. The molecule has 1 aromatic carbocycles. The number of carbonyl (C=O) groups excluding carboxylic acids is 1. The summed E-state index contributed by atoms with van der Waals surface area (Å²) in [4.78, 5) is 12.0. The minimum atomic E-state index is -4.86. The topological polar surface area (TPSA) is 46.3 Å². The zero-order chi connectivity index (χ0) is 12.6. The first-order valence-corrected chi connectivity index (χ1v) is 5.17. The Labute approximate surface area is 96.0 Å². The van der Waals surface area contributed by atoms with Crippen molar-refractivity contribution in [2.75, 3.05) is 17.2 Å². The van der Waals surface area contributed by atoms with Crippen LogP contribution in [0.2, 0.25) is 0 Å². The van der Waals surface area contributed by atoms with E-state index in [2.05, 4.69) is 0 Å². The smallest absolute Gasteiger partial charge is 0.397 e. The molecule has 0 spiro atoms. The van der Waals surface area contributed by atoms with Gasteiger partial charge in [0.15, 0.2) is 0 Å². The number of halogens is 3. The van der Waals surface area contributed by atoms with E-state index in [9.17, 15) is 18.0 Å². The second-order valence-corrected chi connectivity index (χ2v) is 3.91. The minimum absolute atomic E-state index is 0.0551. The first-order valence-electron chi connectivity index (χ1n) is 5.17. The molecule has 0 aromatic heterocycles. The van der Waals surface area contributed by atoms with Crippen molar-refractivity contribution < 1.29 is 18.0 Å². The predicted molar refractivity (Wildman–Crippen MR) is 57.6 cm³/mol. The van der Waals surface area contributed by atoms with E-state index < -0.39 is 12.1 Å². The van der Waals surface area contributed by atoms with Gasteiger partial charge < -0.3 is 10.6 Å². The Bertz CT molecular complexity index is 457. The van der Waals surface area contributed by atoms with E-state index >= 15 is 0 Å². The third kappa shape index (κ3) is 2.07. The van der Waals surface area contributed by atoms with Crippen LogP contribution in [-0.2, 0) is 11.2 Å². The zero-order valence-corrected chi connectivity index (χ0v) is 8.92. The van der Waals surface area contributed by atoms with Gasteiger partial charge in [0.1, 0.15) is 0 Å². The summed E-state index contributed by atoms with van der Waals surface area (Å²) in [7, 11) is 0. The lowest BCUT2D eigenvalue weighted by Gasteiger charge is -2.31. The molecule has 0 aliphatic carbocycles. The van der Waals surface area contributed by atoms with Gasteiger partial charge in [-0.05, 0) is 24.5 Å². The molecule has 1 aliphatic rings. The van der Waals surface area contributed by atoms with Gasteiger partial charge in [-0.15, -0.1) is 0 Å². The van der Waals surface area contributed by atoms with E-state index in [0.717, 1.165) is 4.90 Å². The molecular weight excluding hydrogens is 233 g/mol. The van der Waals surface area contributed by atoms with E-state index in [0.29, 0.717) is 18.4 Å². The SMILES string of the molecule is Nc1cccc2c1N(C(=O)C(F)(F)F)CCC2. The van der Waals surface area contributed by atoms with Gasteiger partial charge in [0.05, 0.1) is 11.4 Å². The quantitative estimate of drug-likeness (QED) is 0.710. The number of aryl methyl sites for hydroxylation is 1. The molecule has 3 nitrogen and oxygen atoms in total. The molecule has 2 rings (SSSR count). The van der Waals surface area contributed by atoms with Crippen LogP contribution in [0.25, 0.3) is 0 Å². The van der Waals surface area contributed by atoms with Gasteiger partial charge in [0.2, 0.25) is 0 Å². The van der Waals surface area contributed by atoms with Crippen LogP contribution in [0.4, 0.5) is 24.5 Å². The van der Waals surface area contributed by atoms with Crippen LogP contribution in [0.3, 0.4) is 0 Å². The van der Waals surface area contributed by atoms with Gasteiger partial charge in [0, 0.05) is 6.54 Å². The summed E-state index contributed by atoms with van der Waals surface area (Å²) in [6, 6.07) is 4.87. The van der Waals surface area contributed by atoms with Gasteiger partial charge in [-0.2, -0.15) is 13.2 Å². The minimum Gasteiger partial charge on any atom is -0.397 e. The molecule has 0 radical (unpaired) electrons. The number of alkyl halides is 3. The molecule has 2 N–H and O–H groups in total. The summed E-state index contributed by atoms with van der Waals surface area (Å²) >= 11 is 0. The number of para-hydroxylation sites is 1. The maximum Gasteiger partial charge on any atom is 0.471 e. The van der Waals surface area contributed by atoms with Crippen molar-refractivity contribution in [3.8, 4) is 0 Å². The number of anilines is 2. The molecule has 0 unspecified atom stereocenters. The maximum atomic E-state index is 12.4. The standard InChI is InChI=1S/C11H11F3N2O/c12-11(13,14)10(17)16-6-2-4-7-3-1-5-8(15)9(7)16/h1,3,5H,2,4,6,15H2. The van der Waals surface area contributed by atoms with E-state index in [1.54, 1.807) is 12.1 Å². The lowest BCUT2D eigenvalue weighted by molar-refractivity contribution is -0.170. The van der Waals surface area contributed by atoms with E-state index in [1.165, 1.54) is 6.07 Å². The van der Waals surface area contributed by atoms with Crippen LogP contribution in [0.5, 0.6) is 0 Å². The number of amides is 1. The van der Waals surface area contributed by atoms with Crippen molar-refractivity contribution >= 4 is 17.3 Å². The van der Waals surface area contributed by atoms with Crippen LogP contribution < -0.4 is 10.6 Å². The summed E-state index contributed by atoms with van der Waals surface area (Å²) in [5.74, 6) is -1.85. The number of hydrogen-bond acceptors (Lipinski definition) is 2. The zero-order valence-electron chi connectivity index (χ0n) is 8.92. The van der Waals surface area contributed by atoms with Gasteiger partial charge in [0.25, 0.3) is 0 Å². The Morgan fingerprint density at radius 2 is 2.06 bits per heavy atom. The summed E-state index contributed by atoms with van der Waals surface area (Å²) in [6.45, 7) is 0.0551. The van der Waals surface area contributed by atoms with Gasteiger partial charge in [-0.1, -0.05) is 12.1 Å². The monoisotopic (exact) mass is 244 g/mol. The Morgan fingerprint density at radius 1 is 1.35 bits per heavy atom. The normalized spacial score (nSPS) is 15.6. The highest BCUT2D eigenvalue weighted by Crippen LogP contribution is 2.35. The molecule has 6 heteroatoms. The van der Waals surface area contributed by atoms with E-state index in [1.807, 2.05) is 0 Å². The Balaban J connectivity index is 2.45. The first kappa shape index (κ1) is 11.8. The number of rotatable bonds is 0.